The number of nitrogens with zero attached hydrogens (tertiary/aromatic N) is 3. The van der Waals surface area contributed by atoms with Gasteiger partial charge in [0.1, 0.15) is 11.0 Å². The lowest BCUT2D eigenvalue weighted by molar-refractivity contribution is -0.137. The molecular weight excluding hydrogens is 304 g/mol. The van der Waals surface area contributed by atoms with Gasteiger partial charge in [-0.05, 0) is 31.2 Å². The highest BCUT2D eigenvalue weighted by molar-refractivity contribution is 8.00. The lowest BCUT2D eigenvalue weighted by atomic mass is 10.2. The number of nitrogens with two attached hydrogens (primary N) is 1. The third-order valence-electron chi connectivity index (χ3n) is 3.22. The zero-order valence-corrected chi connectivity index (χ0v) is 12.9. The minimum atomic E-state index is -0.264. The van der Waals surface area contributed by atoms with Crippen molar-refractivity contribution in [3.63, 3.8) is 0 Å². The van der Waals surface area contributed by atoms with E-state index in [1.807, 2.05) is 31.2 Å². The monoisotopic (exact) mass is 320 g/mol. The number of esters is 1. The van der Waals surface area contributed by atoms with E-state index in [1.54, 1.807) is 0 Å². The smallest absolute Gasteiger partial charge is 0.319 e. The van der Waals surface area contributed by atoms with Gasteiger partial charge >= 0.3 is 5.97 Å². The van der Waals surface area contributed by atoms with Crippen molar-refractivity contribution in [1.82, 2.24) is 14.9 Å². The third kappa shape index (κ3) is 2.87. The van der Waals surface area contributed by atoms with Crippen molar-refractivity contribution >= 4 is 17.7 Å². The van der Waals surface area contributed by atoms with Crippen LogP contribution in [-0.2, 0) is 9.53 Å². The van der Waals surface area contributed by atoms with Crippen LogP contribution in [0.15, 0.2) is 29.4 Å². The Labute approximate surface area is 131 Å². The quantitative estimate of drug-likeness (QED) is 0.658. The van der Waals surface area contributed by atoms with E-state index in [2.05, 4.69) is 10.2 Å². The molecule has 22 heavy (non-hydrogen) atoms. The summed E-state index contributed by atoms with van der Waals surface area (Å²) in [5, 5.41) is 8.39. The minimum Gasteiger partial charge on any atom is -0.494 e. The fourth-order valence-corrected chi connectivity index (χ4v) is 3.05. The molecule has 0 aliphatic carbocycles. The number of hydrogen-bond donors (Lipinski definition) is 1. The van der Waals surface area contributed by atoms with Gasteiger partial charge in [-0.1, -0.05) is 11.8 Å². The predicted octanol–water partition coefficient (Wildman–Crippen LogP) is 1.47. The molecule has 116 valence electrons. The number of carbonyl (C=O) groups excluding carboxylic acids is 1. The zero-order valence-electron chi connectivity index (χ0n) is 12.1. The number of cyclic esters (lactones) is 1. The molecular formula is C14H16N4O3S. The Kier molecular flexibility index (Phi) is 4.19. The highest BCUT2D eigenvalue weighted by Gasteiger charge is 2.29. The Hall–Kier alpha value is -2.22. The van der Waals surface area contributed by atoms with Gasteiger partial charge in [0.05, 0.1) is 13.2 Å². The topological polar surface area (TPSA) is 92.3 Å². The van der Waals surface area contributed by atoms with E-state index in [4.69, 9.17) is 15.3 Å². The normalized spacial score (nSPS) is 17.5. The Bertz CT molecular complexity index is 671. The number of ether oxygens (including phenoxy) is 2. The summed E-state index contributed by atoms with van der Waals surface area (Å²) >= 11 is 1.28. The second kappa shape index (κ2) is 6.27. The minimum absolute atomic E-state index is 0.226. The van der Waals surface area contributed by atoms with Crippen molar-refractivity contribution < 1.29 is 14.3 Å². The number of aromatic nitrogens is 3. The number of hydrogen-bond acceptors (Lipinski definition) is 7. The summed E-state index contributed by atoms with van der Waals surface area (Å²) in [6.07, 6.45) is 0.661. The SMILES string of the molecule is CCOc1ccc(-c2nnc(S[C@H]3CCOC3=O)n2N)cc1. The summed E-state index contributed by atoms with van der Waals surface area (Å²) in [5.74, 6) is 7.15. The Morgan fingerprint density at radius 1 is 1.41 bits per heavy atom. The number of nitrogen functional groups attached to an aromatic ring is 1. The van der Waals surface area contributed by atoms with Gasteiger partial charge in [-0.15, -0.1) is 10.2 Å². The van der Waals surface area contributed by atoms with Crippen LogP contribution in [0.1, 0.15) is 13.3 Å². The highest BCUT2D eigenvalue weighted by Crippen LogP contribution is 2.29. The molecule has 0 bridgehead atoms. The van der Waals surface area contributed by atoms with Crippen LogP contribution < -0.4 is 10.6 Å². The van der Waals surface area contributed by atoms with Gasteiger partial charge < -0.3 is 15.3 Å². The number of thioether (sulfide) groups is 1. The highest BCUT2D eigenvalue weighted by atomic mass is 32.2. The van der Waals surface area contributed by atoms with Crippen molar-refractivity contribution in [2.24, 2.45) is 0 Å². The Balaban J connectivity index is 1.79. The number of benzene rings is 1. The Morgan fingerprint density at radius 2 is 2.18 bits per heavy atom. The molecule has 1 aliphatic heterocycles. The largest absolute Gasteiger partial charge is 0.494 e. The van der Waals surface area contributed by atoms with E-state index in [-0.39, 0.29) is 11.2 Å². The van der Waals surface area contributed by atoms with Crippen LogP contribution in [0.2, 0.25) is 0 Å². The standard InChI is InChI=1S/C14H16N4O3S/c1-2-20-10-5-3-9(4-6-10)12-16-17-14(18(12)15)22-11-7-8-21-13(11)19/h3-6,11H,2,7-8,15H2,1H3/t11-/m0/s1. The molecule has 7 nitrogen and oxygen atoms in total. The molecule has 2 N–H and O–H groups in total. The van der Waals surface area contributed by atoms with Gasteiger partial charge in [0, 0.05) is 12.0 Å². The van der Waals surface area contributed by atoms with E-state index in [0.29, 0.717) is 30.6 Å². The number of rotatable bonds is 5. The first kappa shape index (κ1) is 14.7. The molecule has 1 aromatic heterocycles. The molecule has 1 aromatic carbocycles. The summed E-state index contributed by atoms with van der Waals surface area (Å²) in [4.78, 5) is 11.5. The van der Waals surface area contributed by atoms with Crippen LogP contribution in [0.4, 0.5) is 0 Å². The van der Waals surface area contributed by atoms with Crippen molar-refractivity contribution in [2.45, 2.75) is 23.8 Å². The van der Waals surface area contributed by atoms with Crippen molar-refractivity contribution in [3.8, 4) is 17.1 Å². The molecule has 0 radical (unpaired) electrons. The van der Waals surface area contributed by atoms with Gasteiger partial charge in [0.25, 0.3) is 0 Å². The average molecular weight is 320 g/mol. The van der Waals surface area contributed by atoms with E-state index < -0.39 is 0 Å². The van der Waals surface area contributed by atoms with Crippen molar-refractivity contribution in [1.29, 1.82) is 0 Å². The third-order valence-corrected chi connectivity index (χ3v) is 4.42. The molecule has 1 aliphatic rings. The summed E-state index contributed by atoms with van der Waals surface area (Å²) in [5.41, 5.74) is 0.833. The van der Waals surface area contributed by atoms with Crippen molar-refractivity contribution in [2.75, 3.05) is 19.1 Å². The second-order valence-corrected chi connectivity index (χ2v) is 5.87. The number of carbonyl (C=O) groups is 1. The summed E-state index contributed by atoms with van der Waals surface area (Å²) in [6, 6.07) is 7.45. The maximum atomic E-state index is 11.5. The average Bonchev–Trinajstić information content (AvgIpc) is 3.08. The zero-order chi connectivity index (χ0) is 15.5. The van der Waals surface area contributed by atoms with Gasteiger partial charge in [-0.3, -0.25) is 4.79 Å². The van der Waals surface area contributed by atoms with E-state index in [1.165, 1.54) is 16.4 Å². The van der Waals surface area contributed by atoms with E-state index in [9.17, 15) is 4.79 Å². The van der Waals surface area contributed by atoms with Crippen LogP contribution in [0.3, 0.4) is 0 Å². The van der Waals surface area contributed by atoms with E-state index >= 15 is 0 Å². The molecule has 0 saturated carbocycles. The van der Waals surface area contributed by atoms with Crippen LogP contribution >= 0.6 is 11.8 Å². The fourth-order valence-electron chi connectivity index (χ4n) is 2.13. The lowest BCUT2D eigenvalue weighted by Gasteiger charge is -2.07. The second-order valence-electron chi connectivity index (χ2n) is 4.70. The molecule has 0 unspecified atom stereocenters. The molecule has 0 spiro atoms. The molecule has 1 saturated heterocycles. The molecule has 8 heteroatoms. The first-order valence-corrected chi connectivity index (χ1v) is 7.84. The first-order valence-electron chi connectivity index (χ1n) is 6.96. The maximum Gasteiger partial charge on any atom is 0.319 e. The molecule has 1 atom stereocenters. The van der Waals surface area contributed by atoms with Gasteiger partial charge in [0.15, 0.2) is 5.82 Å². The predicted molar refractivity (Wildman–Crippen MR) is 82.0 cm³/mol. The summed E-state index contributed by atoms with van der Waals surface area (Å²) < 4.78 is 11.7. The molecule has 3 rings (SSSR count). The van der Waals surface area contributed by atoms with Crippen LogP contribution in [0.25, 0.3) is 11.4 Å². The van der Waals surface area contributed by atoms with Gasteiger partial charge in [-0.2, -0.15) is 0 Å². The van der Waals surface area contributed by atoms with Crippen LogP contribution in [-0.4, -0.2) is 39.3 Å². The summed E-state index contributed by atoms with van der Waals surface area (Å²) in [7, 11) is 0. The van der Waals surface area contributed by atoms with Gasteiger partial charge in [0.2, 0.25) is 5.16 Å². The molecule has 1 fully saturated rings. The molecule has 2 heterocycles. The fraction of sp³-hybridized carbons (Fsp3) is 0.357. The van der Waals surface area contributed by atoms with E-state index in [0.717, 1.165) is 11.3 Å². The maximum absolute atomic E-state index is 11.5. The Morgan fingerprint density at radius 3 is 2.82 bits per heavy atom. The van der Waals surface area contributed by atoms with Crippen LogP contribution in [0, 0.1) is 0 Å². The summed E-state index contributed by atoms with van der Waals surface area (Å²) in [6.45, 7) is 2.99. The van der Waals surface area contributed by atoms with Crippen molar-refractivity contribution in [3.05, 3.63) is 24.3 Å². The van der Waals surface area contributed by atoms with Gasteiger partial charge in [-0.25, -0.2) is 4.68 Å². The lowest BCUT2D eigenvalue weighted by Crippen LogP contribution is -2.15. The first-order chi connectivity index (χ1) is 10.7. The molecule has 2 aromatic rings. The molecule has 0 amide bonds. The van der Waals surface area contributed by atoms with Crippen LogP contribution in [0.5, 0.6) is 5.75 Å².